The van der Waals surface area contributed by atoms with Gasteiger partial charge in [0.25, 0.3) is 0 Å². The highest BCUT2D eigenvalue weighted by Crippen LogP contribution is 2.32. The van der Waals surface area contributed by atoms with Gasteiger partial charge in [0.2, 0.25) is 15.9 Å². The van der Waals surface area contributed by atoms with Crippen molar-refractivity contribution in [2.75, 3.05) is 44.5 Å². The van der Waals surface area contributed by atoms with E-state index >= 15 is 0 Å². The average molecular weight is 479 g/mol. The number of methoxy groups -OCH3 is 1. The molecule has 1 aliphatic heterocycles. The molecule has 2 aromatic carbocycles. The molecule has 0 radical (unpaired) electrons. The van der Waals surface area contributed by atoms with Crippen LogP contribution in [0.1, 0.15) is 22.3 Å². The Labute approximate surface area is 194 Å². The third-order valence-corrected chi connectivity index (χ3v) is 8.91. The van der Waals surface area contributed by atoms with Crippen LogP contribution in [0.2, 0.25) is 0 Å². The highest BCUT2D eigenvalue weighted by atomic mass is 32.2. The number of thioether (sulfide) groups is 1. The number of nitrogens with one attached hydrogen (secondary N) is 1. The maximum absolute atomic E-state index is 13.1. The van der Waals surface area contributed by atoms with Crippen LogP contribution in [0, 0.1) is 27.7 Å². The molecule has 0 unspecified atom stereocenters. The summed E-state index contributed by atoms with van der Waals surface area (Å²) >= 11 is 1.49. The van der Waals surface area contributed by atoms with Crippen LogP contribution >= 0.6 is 11.8 Å². The standard InChI is InChI=1S/C23H30N2O5S2/c1-15-12-16(2)18(4)23(17(15)3)31-14-22(26)24-19-6-7-20(29-5)21(13-19)32(27,28)25-8-10-30-11-9-25/h6-7,12-13H,8-11,14H2,1-5H3,(H,24,26). The summed E-state index contributed by atoms with van der Waals surface area (Å²) in [6.45, 7) is 9.54. The van der Waals surface area contributed by atoms with Gasteiger partial charge in [-0.25, -0.2) is 8.42 Å². The van der Waals surface area contributed by atoms with Gasteiger partial charge >= 0.3 is 0 Å². The predicted octanol–water partition coefficient (Wildman–Crippen LogP) is 3.68. The van der Waals surface area contributed by atoms with E-state index in [0.717, 1.165) is 4.90 Å². The molecule has 0 bridgehead atoms. The summed E-state index contributed by atoms with van der Waals surface area (Å²) in [6, 6.07) is 6.82. The molecule has 0 spiro atoms. The molecule has 2 aromatic rings. The lowest BCUT2D eigenvalue weighted by Crippen LogP contribution is -2.40. The molecule has 0 saturated carbocycles. The fourth-order valence-corrected chi connectivity index (χ4v) is 6.31. The first-order valence-corrected chi connectivity index (χ1v) is 12.8. The Kier molecular flexibility index (Phi) is 7.87. The number of morpholine rings is 1. The number of hydrogen-bond donors (Lipinski definition) is 1. The summed E-state index contributed by atoms with van der Waals surface area (Å²) in [5.74, 6) is 0.264. The molecule has 7 nitrogen and oxygen atoms in total. The lowest BCUT2D eigenvalue weighted by atomic mass is 10.0. The molecule has 0 atom stereocenters. The van der Waals surface area contributed by atoms with Crippen molar-refractivity contribution in [1.29, 1.82) is 0 Å². The van der Waals surface area contributed by atoms with Crippen LogP contribution in [-0.2, 0) is 19.6 Å². The van der Waals surface area contributed by atoms with Crippen molar-refractivity contribution in [3.63, 3.8) is 0 Å². The number of amides is 1. The largest absolute Gasteiger partial charge is 0.495 e. The third kappa shape index (κ3) is 5.28. The summed E-state index contributed by atoms with van der Waals surface area (Å²) < 4.78 is 38.2. The highest BCUT2D eigenvalue weighted by Gasteiger charge is 2.29. The molecule has 1 N–H and O–H groups in total. The van der Waals surface area contributed by atoms with Crippen molar-refractivity contribution in [2.24, 2.45) is 0 Å². The second-order valence-corrected chi connectivity index (χ2v) is 10.7. The van der Waals surface area contributed by atoms with Gasteiger partial charge in [-0.15, -0.1) is 11.8 Å². The molecule has 3 rings (SSSR count). The maximum Gasteiger partial charge on any atom is 0.246 e. The Hall–Kier alpha value is -2.07. The highest BCUT2D eigenvalue weighted by molar-refractivity contribution is 8.00. The molecule has 0 aromatic heterocycles. The van der Waals surface area contributed by atoms with E-state index in [9.17, 15) is 13.2 Å². The number of carbonyl (C=O) groups is 1. The zero-order chi connectivity index (χ0) is 23.5. The molecule has 1 aliphatic rings. The van der Waals surface area contributed by atoms with Crippen LogP contribution < -0.4 is 10.1 Å². The van der Waals surface area contributed by atoms with Crippen molar-refractivity contribution in [3.8, 4) is 5.75 Å². The Balaban J connectivity index is 1.77. The van der Waals surface area contributed by atoms with Gasteiger partial charge in [-0.3, -0.25) is 4.79 Å². The van der Waals surface area contributed by atoms with Gasteiger partial charge in [-0.2, -0.15) is 4.31 Å². The zero-order valence-electron chi connectivity index (χ0n) is 19.1. The smallest absolute Gasteiger partial charge is 0.246 e. The van der Waals surface area contributed by atoms with Crippen LogP contribution in [0.15, 0.2) is 34.1 Å². The molecule has 1 amide bonds. The monoisotopic (exact) mass is 478 g/mol. The Morgan fingerprint density at radius 2 is 1.72 bits per heavy atom. The van der Waals surface area contributed by atoms with E-state index in [0.29, 0.717) is 18.9 Å². The Morgan fingerprint density at radius 1 is 1.09 bits per heavy atom. The topological polar surface area (TPSA) is 84.9 Å². The van der Waals surface area contributed by atoms with Gasteiger partial charge in [-0.1, -0.05) is 6.07 Å². The van der Waals surface area contributed by atoms with E-state index in [1.807, 2.05) is 0 Å². The van der Waals surface area contributed by atoms with Crippen LogP contribution in [0.4, 0.5) is 5.69 Å². The SMILES string of the molecule is COc1ccc(NC(=O)CSc2c(C)c(C)cc(C)c2C)cc1S(=O)(=O)N1CCOCC1. The van der Waals surface area contributed by atoms with Crippen molar-refractivity contribution >= 4 is 33.4 Å². The first-order chi connectivity index (χ1) is 15.1. The quantitative estimate of drug-likeness (QED) is 0.611. The van der Waals surface area contributed by atoms with Crippen molar-refractivity contribution in [1.82, 2.24) is 4.31 Å². The molecule has 1 saturated heterocycles. The minimum atomic E-state index is -3.77. The van der Waals surface area contributed by atoms with E-state index in [2.05, 4.69) is 39.1 Å². The minimum Gasteiger partial charge on any atom is -0.495 e. The Bertz CT molecular complexity index is 1080. The number of sulfonamides is 1. The van der Waals surface area contributed by atoms with E-state index in [1.54, 1.807) is 12.1 Å². The number of aryl methyl sites for hydroxylation is 2. The average Bonchev–Trinajstić information content (AvgIpc) is 2.78. The van der Waals surface area contributed by atoms with E-state index in [4.69, 9.17) is 9.47 Å². The lowest BCUT2D eigenvalue weighted by molar-refractivity contribution is -0.113. The van der Waals surface area contributed by atoms with Gasteiger partial charge in [0.15, 0.2) is 0 Å². The summed E-state index contributed by atoms with van der Waals surface area (Å²) in [7, 11) is -2.34. The molecule has 0 aliphatic carbocycles. The molecular formula is C23H30N2O5S2. The maximum atomic E-state index is 13.1. The van der Waals surface area contributed by atoms with Crippen LogP contribution in [0.25, 0.3) is 0 Å². The third-order valence-electron chi connectivity index (χ3n) is 5.68. The van der Waals surface area contributed by atoms with Gasteiger partial charge in [0.1, 0.15) is 10.6 Å². The van der Waals surface area contributed by atoms with Gasteiger partial charge in [0.05, 0.1) is 26.1 Å². The first kappa shape index (κ1) is 24.6. The zero-order valence-corrected chi connectivity index (χ0v) is 20.8. The van der Waals surface area contributed by atoms with Crippen LogP contribution in [0.5, 0.6) is 5.75 Å². The van der Waals surface area contributed by atoms with Crippen molar-refractivity contribution < 1.29 is 22.7 Å². The molecular weight excluding hydrogens is 448 g/mol. The first-order valence-electron chi connectivity index (χ1n) is 10.4. The Morgan fingerprint density at radius 3 is 2.31 bits per heavy atom. The summed E-state index contributed by atoms with van der Waals surface area (Å²) in [6.07, 6.45) is 0. The van der Waals surface area contributed by atoms with Gasteiger partial charge < -0.3 is 14.8 Å². The molecule has 9 heteroatoms. The number of anilines is 1. The summed E-state index contributed by atoms with van der Waals surface area (Å²) in [5, 5.41) is 2.82. The normalized spacial score (nSPS) is 14.9. The predicted molar refractivity (Wildman–Crippen MR) is 127 cm³/mol. The second-order valence-electron chi connectivity index (χ2n) is 7.81. The number of ether oxygens (including phenoxy) is 2. The van der Waals surface area contributed by atoms with E-state index in [-0.39, 0.29) is 35.4 Å². The number of hydrogen-bond acceptors (Lipinski definition) is 6. The molecule has 1 heterocycles. The van der Waals surface area contributed by atoms with Crippen molar-refractivity contribution in [2.45, 2.75) is 37.5 Å². The van der Waals surface area contributed by atoms with E-state index < -0.39 is 10.0 Å². The van der Waals surface area contributed by atoms with Crippen molar-refractivity contribution in [3.05, 3.63) is 46.5 Å². The van der Waals surface area contributed by atoms with Gasteiger partial charge in [-0.05, 0) is 68.1 Å². The van der Waals surface area contributed by atoms with Crippen LogP contribution in [-0.4, -0.2) is 57.8 Å². The minimum absolute atomic E-state index is 0.0355. The number of rotatable bonds is 7. The molecule has 32 heavy (non-hydrogen) atoms. The second kappa shape index (κ2) is 10.2. The summed E-state index contributed by atoms with van der Waals surface area (Å²) in [5.41, 5.74) is 5.16. The van der Waals surface area contributed by atoms with Gasteiger partial charge in [0, 0.05) is 23.7 Å². The number of benzene rings is 2. The fraction of sp³-hybridized carbons (Fsp3) is 0.435. The van der Waals surface area contributed by atoms with Crippen LogP contribution in [0.3, 0.4) is 0 Å². The number of nitrogens with zero attached hydrogens (tertiary/aromatic N) is 1. The van der Waals surface area contributed by atoms with E-state index in [1.165, 1.54) is 51.5 Å². The lowest BCUT2D eigenvalue weighted by Gasteiger charge is -2.26. The number of carbonyl (C=O) groups excluding carboxylic acids is 1. The summed E-state index contributed by atoms with van der Waals surface area (Å²) in [4.78, 5) is 13.8. The fourth-order valence-electron chi connectivity index (χ4n) is 3.61. The molecule has 1 fully saturated rings. The molecule has 174 valence electrons.